The molecule has 0 aromatic carbocycles. The molecule has 2 amide bonds. The third-order valence-corrected chi connectivity index (χ3v) is 4.07. The molecule has 1 aromatic heterocycles. The molecule has 0 atom stereocenters. The number of hydrogen-bond acceptors (Lipinski definition) is 7. The second-order valence-corrected chi connectivity index (χ2v) is 7.11. The SMILES string of the molecule is CC1(C)CC(=O)N(CCCCNCCNc2ncc(O)cn2)C(=O)C1. The van der Waals surface area contributed by atoms with E-state index in [0.717, 1.165) is 25.9 Å². The van der Waals surface area contributed by atoms with Crippen molar-refractivity contribution in [1.29, 1.82) is 0 Å². The fourth-order valence-electron chi connectivity index (χ4n) is 2.78. The van der Waals surface area contributed by atoms with Crippen LogP contribution in [0.1, 0.15) is 39.5 Å². The molecule has 138 valence electrons. The van der Waals surface area contributed by atoms with Gasteiger partial charge in [-0.1, -0.05) is 13.8 Å². The van der Waals surface area contributed by atoms with Crippen LogP contribution in [0.25, 0.3) is 0 Å². The average Bonchev–Trinajstić information content (AvgIpc) is 2.52. The van der Waals surface area contributed by atoms with E-state index in [9.17, 15) is 9.59 Å². The Labute approximate surface area is 148 Å². The minimum Gasteiger partial charge on any atom is -0.505 e. The molecule has 0 radical (unpaired) electrons. The third-order valence-electron chi connectivity index (χ3n) is 4.07. The number of nitrogens with zero attached hydrogens (tertiary/aromatic N) is 3. The molecule has 25 heavy (non-hydrogen) atoms. The van der Waals surface area contributed by atoms with Gasteiger partial charge in [0.05, 0.1) is 12.4 Å². The Hall–Kier alpha value is -2.22. The quantitative estimate of drug-likeness (QED) is 0.453. The molecule has 1 aliphatic rings. The summed E-state index contributed by atoms with van der Waals surface area (Å²) in [7, 11) is 0. The number of rotatable bonds is 9. The number of imide groups is 1. The maximum atomic E-state index is 12.0. The maximum Gasteiger partial charge on any atom is 0.229 e. The van der Waals surface area contributed by atoms with E-state index in [-0.39, 0.29) is 23.0 Å². The number of carbonyl (C=O) groups excluding carboxylic acids is 2. The average molecular weight is 349 g/mol. The van der Waals surface area contributed by atoms with Crippen LogP contribution in [-0.4, -0.2) is 58.0 Å². The fraction of sp³-hybridized carbons (Fsp3) is 0.647. The number of unbranched alkanes of at least 4 members (excludes halogenated alkanes) is 1. The molecule has 0 saturated carbocycles. The normalized spacial score (nSPS) is 17.0. The number of amides is 2. The molecule has 1 aromatic rings. The van der Waals surface area contributed by atoms with Crippen molar-refractivity contribution in [2.75, 3.05) is 31.5 Å². The Bertz CT molecular complexity index is 568. The molecule has 1 saturated heterocycles. The number of likely N-dealkylation sites (tertiary alicyclic amines) is 1. The lowest BCUT2D eigenvalue weighted by atomic mass is 9.82. The second kappa shape index (κ2) is 8.75. The van der Waals surface area contributed by atoms with Crippen LogP contribution in [0.3, 0.4) is 0 Å². The van der Waals surface area contributed by atoms with E-state index in [1.54, 1.807) is 0 Å². The number of nitrogens with one attached hydrogen (secondary N) is 2. The lowest BCUT2D eigenvalue weighted by molar-refractivity contribution is -0.152. The summed E-state index contributed by atoms with van der Waals surface area (Å²) in [5.41, 5.74) is -0.208. The van der Waals surface area contributed by atoms with Gasteiger partial charge < -0.3 is 15.7 Å². The molecular formula is C17H27N5O3. The van der Waals surface area contributed by atoms with Gasteiger partial charge in [-0.15, -0.1) is 0 Å². The van der Waals surface area contributed by atoms with Gasteiger partial charge in [0.2, 0.25) is 17.8 Å². The van der Waals surface area contributed by atoms with Crippen molar-refractivity contribution < 1.29 is 14.7 Å². The molecule has 8 nitrogen and oxygen atoms in total. The summed E-state index contributed by atoms with van der Waals surface area (Å²) >= 11 is 0. The fourth-order valence-corrected chi connectivity index (χ4v) is 2.78. The van der Waals surface area contributed by atoms with Crippen molar-refractivity contribution in [3.63, 3.8) is 0 Å². The van der Waals surface area contributed by atoms with Gasteiger partial charge in [0.25, 0.3) is 0 Å². The van der Waals surface area contributed by atoms with E-state index < -0.39 is 0 Å². The molecule has 1 aliphatic heterocycles. The number of anilines is 1. The van der Waals surface area contributed by atoms with Gasteiger partial charge in [-0.2, -0.15) is 0 Å². The molecule has 3 N–H and O–H groups in total. The summed E-state index contributed by atoms with van der Waals surface area (Å²) in [6.45, 7) is 6.67. The predicted molar refractivity (Wildman–Crippen MR) is 94.0 cm³/mol. The standard InChI is InChI=1S/C17H27N5O3/c1-17(2)9-14(24)22(15(25)10-17)8-4-3-5-18-6-7-19-16-20-11-13(23)12-21-16/h11-12,18,23H,3-10H2,1-2H3,(H,19,20,21). The summed E-state index contributed by atoms with van der Waals surface area (Å²) in [6.07, 6.45) is 5.28. The van der Waals surface area contributed by atoms with Gasteiger partial charge in [-0.25, -0.2) is 9.97 Å². The second-order valence-electron chi connectivity index (χ2n) is 7.11. The highest BCUT2D eigenvalue weighted by molar-refractivity contribution is 5.98. The molecule has 2 heterocycles. The summed E-state index contributed by atoms with van der Waals surface area (Å²) in [5.74, 6) is 0.419. The van der Waals surface area contributed by atoms with E-state index in [2.05, 4.69) is 20.6 Å². The largest absolute Gasteiger partial charge is 0.505 e. The van der Waals surface area contributed by atoms with Crippen molar-refractivity contribution in [2.45, 2.75) is 39.5 Å². The van der Waals surface area contributed by atoms with Crippen LogP contribution in [0, 0.1) is 5.41 Å². The van der Waals surface area contributed by atoms with E-state index >= 15 is 0 Å². The molecule has 0 unspecified atom stereocenters. The summed E-state index contributed by atoms with van der Waals surface area (Å²) in [6, 6.07) is 0. The highest BCUT2D eigenvalue weighted by atomic mass is 16.3. The Morgan fingerprint density at radius 3 is 2.36 bits per heavy atom. The number of carbonyl (C=O) groups is 2. The van der Waals surface area contributed by atoms with Crippen molar-refractivity contribution in [3.05, 3.63) is 12.4 Å². The van der Waals surface area contributed by atoms with Crippen LogP contribution in [-0.2, 0) is 9.59 Å². The molecule has 0 spiro atoms. The number of piperidine rings is 1. The maximum absolute atomic E-state index is 12.0. The molecule has 2 rings (SSSR count). The minimum absolute atomic E-state index is 0.0397. The Morgan fingerprint density at radius 1 is 1.08 bits per heavy atom. The highest BCUT2D eigenvalue weighted by Gasteiger charge is 2.36. The molecule has 0 bridgehead atoms. The zero-order valence-electron chi connectivity index (χ0n) is 14.9. The van der Waals surface area contributed by atoms with E-state index in [0.29, 0.717) is 31.9 Å². The van der Waals surface area contributed by atoms with Crippen molar-refractivity contribution >= 4 is 17.8 Å². The first-order valence-electron chi connectivity index (χ1n) is 8.66. The molecule has 8 heteroatoms. The smallest absolute Gasteiger partial charge is 0.229 e. The van der Waals surface area contributed by atoms with E-state index in [1.165, 1.54) is 17.3 Å². The van der Waals surface area contributed by atoms with Crippen molar-refractivity contribution in [3.8, 4) is 5.75 Å². The first kappa shape index (κ1) is 19.1. The lowest BCUT2D eigenvalue weighted by Crippen LogP contribution is -2.46. The van der Waals surface area contributed by atoms with Crippen LogP contribution in [0.4, 0.5) is 5.95 Å². The van der Waals surface area contributed by atoms with Crippen molar-refractivity contribution in [2.24, 2.45) is 5.41 Å². The first-order valence-corrected chi connectivity index (χ1v) is 8.66. The zero-order chi connectivity index (χ0) is 18.3. The summed E-state index contributed by atoms with van der Waals surface area (Å²) in [4.78, 5) is 33.3. The number of hydrogen-bond donors (Lipinski definition) is 3. The van der Waals surface area contributed by atoms with Gasteiger partial charge in [-0.05, 0) is 24.8 Å². The zero-order valence-corrected chi connectivity index (χ0v) is 14.9. The van der Waals surface area contributed by atoms with Gasteiger partial charge >= 0.3 is 0 Å². The van der Waals surface area contributed by atoms with Gasteiger partial charge in [0.15, 0.2) is 5.75 Å². The summed E-state index contributed by atoms with van der Waals surface area (Å²) < 4.78 is 0. The number of aromatic hydroxyl groups is 1. The molecule has 0 aliphatic carbocycles. The monoisotopic (exact) mass is 349 g/mol. The third kappa shape index (κ3) is 6.30. The first-order chi connectivity index (χ1) is 11.9. The van der Waals surface area contributed by atoms with Crippen LogP contribution in [0.5, 0.6) is 5.75 Å². The van der Waals surface area contributed by atoms with Crippen LogP contribution in [0.15, 0.2) is 12.4 Å². The molecule has 1 fully saturated rings. The Morgan fingerprint density at radius 2 is 1.72 bits per heavy atom. The van der Waals surface area contributed by atoms with Gasteiger partial charge in [0.1, 0.15) is 0 Å². The van der Waals surface area contributed by atoms with Crippen LogP contribution < -0.4 is 10.6 Å². The van der Waals surface area contributed by atoms with E-state index in [4.69, 9.17) is 5.11 Å². The topological polar surface area (TPSA) is 107 Å². The van der Waals surface area contributed by atoms with Crippen LogP contribution >= 0.6 is 0 Å². The Kier molecular flexibility index (Phi) is 6.69. The predicted octanol–water partition coefficient (Wildman–Crippen LogP) is 1.14. The Balaban J connectivity index is 1.53. The van der Waals surface area contributed by atoms with Crippen LogP contribution in [0.2, 0.25) is 0 Å². The summed E-state index contributed by atoms with van der Waals surface area (Å²) in [5, 5.41) is 15.4. The van der Waals surface area contributed by atoms with Crippen molar-refractivity contribution in [1.82, 2.24) is 20.2 Å². The number of aromatic nitrogens is 2. The molecular weight excluding hydrogens is 322 g/mol. The van der Waals surface area contributed by atoms with Gasteiger partial charge in [0, 0.05) is 32.5 Å². The minimum atomic E-state index is -0.208. The van der Waals surface area contributed by atoms with E-state index in [1.807, 2.05) is 13.8 Å². The highest BCUT2D eigenvalue weighted by Crippen LogP contribution is 2.31. The lowest BCUT2D eigenvalue weighted by Gasteiger charge is -2.34. The van der Waals surface area contributed by atoms with Gasteiger partial charge in [-0.3, -0.25) is 14.5 Å².